The number of hydrogen-bond donors (Lipinski definition) is 1. The number of anilines is 1. The van der Waals surface area contributed by atoms with Gasteiger partial charge in [0.05, 0.1) is 17.2 Å². The molecule has 0 heterocycles. The van der Waals surface area contributed by atoms with Gasteiger partial charge in [-0.2, -0.15) is 0 Å². The number of rotatable bonds is 13. The van der Waals surface area contributed by atoms with Gasteiger partial charge in [-0.15, -0.1) is 0 Å². The van der Waals surface area contributed by atoms with E-state index in [1.807, 2.05) is 51.1 Å². The lowest BCUT2D eigenvalue weighted by Gasteiger charge is -2.33. The third kappa shape index (κ3) is 7.63. The quantitative estimate of drug-likeness (QED) is 0.317. The topological polar surface area (TPSA) is 96.0 Å². The van der Waals surface area contributed by atoms with Crippen LogP contribution in [0.4, 0.5) is 5.69 Å². The first-order valence-corrected chi connectivity index (χ1v) is 15.0. The highest BCUT2D eigenvalue weighted by molar-refractivity contribution is 7.92. The van der Waals surface area contributed by atoms with Crippen LogP contribution >= 0.6 is 0 Å². The maximum Gasteiger partial charge on any atom is 0.264 e. The number of amides is 2. The lowest BCUT2D eigenvalue weighted by atomic mass is 10.1. The zero-order valence-electron chi connectivity index (χ0n) is 23.8. The van der Waals surface area contributed by atoms with Crippen LogP contribution in [-0.2, 0) is 26.2 Å². The normalized spacial score (nSPS) is 12.7. The molecule has 9 heteroatoms. The second kappa shape index (κ2) is 14.0. The smallest absolute Gasteiger partial charge is 0.264 e. The molecule has 0 saturated heterocycles. The third-order valence-corrected chi connectivity index (χ3v) is 8.46. The average molecular weight is 566 g/mol. The SMILES string of the molecule is CCOc1ccccc1N(CC(=O)N(Cc1ccccc1)[C@@H](C)C(=O)N[C@@H](C)CC)S(=O)(=O)c1ccc(C)cc1. The van der Waals surface area contributed by atoms with Gasteiger partial charge in [-0.05, 0) is 63.9 Å². The first-order chi connectivity index (χ1) is 19.1. The number of para-hydroxylation sites is 2. The minimum absolute atomic E-state index is 0.0503. The van der Waals surface area contributed by atoms with Gasteiger partial charge in [-0.1, -0.05) is 67.1 Å². The first-order valence-electron chi connectivity index (χ1n) is 13.5. The highest BCUT2D eigenvalue weighted by atomic mass is 32.2. The molecule has 3 rings (SSSR count). The Morgan fingerprint density at radius 2 is 1.52 bits per heavy atom. The Morgan fingerprint density at radius 1 is 0.900 bits per heavy atom. The van der Waals surface area contributed by atoms with Crippen molar-refractivity contribution in [3.05, 3.63) is 90.0 Å². The number of benzene rings is 3. The average Bonchev–Trinajstić information content (AvgIpc) is 2.95. The molecule has 3 aromatic carbocycles. The van der Waals surface area contributed by atoms with Gasteiger partial charge in [0.2, 0.25) is 11.8 Å². The highest BCUT2D eigenvalue weighted by Gasteiger charge is 2.34. The molecule has 8 nitrogen and oxygen atoms in total. The van der Waals surface area contributed by atoms with Crippen LogP contribution in [0.2, 0.25) is 0 Å². The summed E-state index contributed by atoms with van der Waals surface area (Å²) in [5.74, 6) is -0.482. The van der Waals surface area contributed by atoms with E-state index in [2.05, 4.69) is 5.32 Å². The second-order valence-corrected chi connectivity index (χ2v) is 11.6. The van der Waals surface area contributed by atoms with Crippen molar-refractivity contribution in [3.8, 4) is 5.75 Å². The van der Waals surface area contributed by atoms with Crippen LogP contribution in [0.3, 0.4) is 0 Å². The minimum Gasteiger partial charge on any atom is -0.492 e. The van der Waals surface area contributed by atoms with Crippen LogP contribution in [0.15, 0.2) is 83.8 Å². The minimum atomic E-state index is -4.18. The summed E-state index contributed by atoms with van der Waals surface area (Å²) >= 11 is 0. The van der Waals surface area contributed by atoms with Crippen LogP contribution in [0.25, 0.3) is 0 Å². The molecule has 0 saturated carbocycles. The Hall–Kier alpha value is -3.85. The largest absolute Gasteiger partial charge is 0.492 e. The summed E-state index contributed by atoms with van der Waals surface area (Å²) in [7, 11) is -4.18. The van der Waals surface area contributed by atoms with Crippen LogP contribution in [-0.4, -0.2) is 50.4 Å². The Kier molecular flexibility index (Phi) is 10.7. The number of sulfonamides is 1. The van der Waals surface area contributed by atoms with Crippen molar-refractivity contribution in [1.29, 1.82) is 0 Å². The molecule has 0 fully saturated rings. The van der Waals surface area contributed by atoms with E-state index >= 15 is 0 Å². The molecule has 0 radical (unpaired) electrons. The van der Waals surface area contributed by atoms with Crippen molar-refractivity contribution in [2.45, 2.75) is 64.6 Å². The summed E-state index contributed by atoms with van der Waals surface area (Å²) in [5, 5.41) is 2.94. The zero-order chi connectivity index (χ0) is 29.3. The Bertz CT molecular complexity index is 1380. The summed E-state index contributed by atoms with van der Waals surface area (Å²) in [6.07, 6.45) is 0.738. The first kappa shape index (κ1) is 30.7. The van der Waals surface area contributed by atoms with Crippen LogP contribution in [0, 0.1) is 6.92 Å². The fourth-order valence-electron chi connectivity index (χ4n) is 4.12. The molecular formula is C31H39N3O5S. The maximum atomic E-state index is 14.0. The molecule has 0 unspecified atom stereocenters. The van der Waals surface area contributed by atoms with Gasteiger partial charge >= 0.3 is 0 Å². The summed E-state index contributed by atoms with van der Waals surface area (Å²) in [6.45, 7) is 9.13. The molecule has 0 aromatic heterocycles. The summed E-state index contributed by atoms with van der Waals surface area (Å²) in [4.78, 5) is 28.6. The molecular weight excluding hydrogens is 526 g/mol. The molecule has 2 atom stereocenters. The second-order valence-electron chi connectivity index (χ2n) is 9.73. The number of carbonyl (C=O) groups excluding carboxylic acids is 2. The van der Waals surface area contributed by atoms with E-state index in [0.29, 0.717) is 12.4 Å². The molecule has 0 aliphatic carbocycles. The Balaban J connectivity index is 2.06. The predicted molar refractivity (Wildman–Crippen MR) is 158 cm³/mol. The molecule has 3 aromatic rings. The van der Waals surface area contributed by atoms with Crippen LogP contribution < -0.4 is 14.4 Å². The standard InChI is InChI=1S/C31H39N3O5S/c1-6-24(4)32-31(36)25(5)33(21-26-13-9-8-10-14-26)30(35)22-34(28-15-11-12-16-29(28)39-7-2)40(37,38)27-19-17-23(3)18-20-27/h8-20,24-25H,6-7,21-22H2,1-5H3,(H,32,36)/t24-,25-/m0/s1. The van der Waals surface area contributed by atoms with Crippen molar-refractivity contribution in [2.75, 3.05) is 17.5 Å². The van der Waals surface area contributed by atoms with E-state index in [0.717, 1.165) is 21.9 Å². The number of nitrogens with zero attached hydrogens (tertiary/aromatic N) is 2. The number of carbonyl (C=O) groups is 2. The van der Waals surface area contributed by atoms with E-state index in [-0.39, 0.29) is 29.1 Å². The fourth-order valence-corrected chi connectivity index (χ4v) is 5.54. The van der Waals surface area contributed by atoms with Gasteiger partial charge in [0.15, 0.2) is 0 Å². The van der Waals surface area contributed by atoms with Gasteiger partial charge in [-0.25, -0.2) is 8.42 Å². The van der Waals surface area contributed by atoms with Gasteiger partial charge < -0.3 is 15.0 Å². The molecule has 214 valence electrons. The van der Waals surface area contributed by atoms with Gasteiger partial charge in [0.1, 0.15) is 18.3 Å². The molecule has 1 N–H and O–H groups in total. The number of ether oxygens (including phenoxy) is 1. The summed E-state index contributed by atoms with van der Waals surface area (Å²) in [5.41, 5.74) is 1.97. The van der Waals surface area contributed by atoms with E-state index in [4.69, 9.17) is 4.74 Å². The van der Waals surface area contributed by atoms with Crippen molar-refractivity contribution in [3.63, 3.8) is 0 Å². The van der Waals surface area contributed by atoms with Gasteiger partial charge in [0, 0.05) is 12.6 Å². The highest BCUT2D eigenvalue weighted by Crippen LogP contribution is 2.33. The molecule has 40 heavy (non-hydrogen) atoms. The Labute approximate surface area is 238 Å². The van der Waals surface area contributed by atoms with Crippen LogP contribution in [0.5, 0.6) is 5.75 Å². The van der Waals surface area contributed by atoms with E-state index in [1.165, 1.54) is 17.0 Å². The summed E-state index contributed by atoms with van der Waals surface area (Å²) < 4.78 is 34.9. The number of aryl methyl sites for hydroxylation is 1. The van der Waals surface area contributed by atoms with Gasteiger partial charge in [0.25, 0.3) is 10.0 Å². The lowest BCUT2D eigenvalue weighted by Crippen LogP contribution is -2.52. The number of nitrogens with one attached hydrogen (secondary N) is 1. The fraction of sp³-hybridized carbons (Fsp3) is 0.355. The molecule has 0 bridgehead atoms. The predicted octanol–water partition coefficient (Wildman–Crippen LogP) is 4.92. The van der Waals surface area contributed by atoms with E-state index in [1.54, 1.807) is 50.2 Å². The van der Waals surface area contributed by atoms with Crippen molar-refractivity contribution in [1.82, 2.24) is 10.2 Å². The van der Waals surface area contributed by atoms with Crippen molar-refractivity contribution >= 4 is 27.5 Å². The van der Waals surface area contributed by atoms with Crippen molar-refractivity contribution in [2.24, 2.45) is 0 Å². The maximum absolute atomic E-state index is 14.0. The van der Waals surface area contributed by atoms with E-state index < -0.39 is 28.5 Å². The molecule has 2 amide bonds. The third-order valence-electron chi connectivity index (χ3n) is 6.69. The summed E-state index contributed by atoms with van der Waals surface area (Å²) in [6, 6.07) is 21.6. The van der Waals surface area contributed by atoms with E-state index in [9.17, 15) is 18.0 Å². The van der Waals surface area contributed by atoms with Gasteiger partial charge in [-0.3, -0.25) is 13.9 Å². The van der Waals surface area contributed by atoms with Crippen LogP contribution in [0.1, 0.15) is 45.2 Å². The molecule has 0 aliphatic rings. The monoisotopic (exact) mass is 565 g/mol. The molecule has 0 spiro atoms. The lowest BCUT2D eigenvalue weighted by molar-refractivity contribution is -0.139. The zero-order valence-corrected chi connectivity index (χ0v) is 24.6. The number of hydrogen-bond acceptors (Lipinski definition) is 5. The Morgan fingerprint density at radius 3 is 2.15 bits per heavy atom. The van der Waals surface area contributed by atoms with Crippen molar-refractivity contribution < 1.29 is 22.7 Å². The molecule has 0 aliphatic heterocycles.